The standard InChI is InChI=1S/C36H40Cl2N4O7S/c1-40-12-13-41(2)24(18-40)21-49-36(45)33(22-8-6-5-7-9-22)39-17-25-15-27(34(50-25)35(43)44)26(16-28-29(37)19-42(46)20-30(28)38)23-10-11-31(47-3)32(14-23)48-4/h5-11,14-15,19-20,24,26,33,39H,12-13,16-18,21H2,1-4H3,(H,43,44)/t24-,26-,33?/m0/s1. The Morgan fingerprint density at radius 2 is 1.72 bits per heavy atom. The van der Waals surface area contributed by atoms with Crippen LogP contribution in [0.4, 0.5) is 0 Å². The highest BCUT2D eigenvalue weighted by Crippen LogP contribution is 2.41. The lowest BCUT2D eigenvalue weighted by Crippen LogP contribution is -2.52. The molecule has 3 heterocycles. The summed E-state index contributed by atoms with van der Waals surface area (Å²) in [5.74, 6) is -1.12. The number of hydrogen-bond acceptors (Lipinski definition) is 10. The molecular formula is C36H40Cl2N4O7S. The maximum atomic E-state index is 13.6. The summed E-state index contributed by atoms with van der Waals surface area (Å²) in [6, 6.07) is 15.8. The van der Waals surface area contributed by atoms with Crippen LogP contribution in [0.25, 0.3) is 0 Å². The lowest BCUT2D eigenvalue weighted by Gasteiger charge is -2.37. The Balaban J connectivity index is 1.46. The largest absolute Gasteiger partial charge is 0.619 e. The van der Waals surface area contributed by atoms with Gasteiger partial charge in [0.25, 0.3) is 0 Å². The number of carbonyl (C=O) groups excluding carboxylic acids is 1. The van der Waals surface area contributed by atoms with Gasteiger partial charge in [0.15, 0.2) is 23.9 Å². The second-order valence-electron chi connectivity index (χ2n) is 12.2. The Bertz CT molecular complexity index is 1790. The Hall–Kier alpha value is -3.91. The molecule has 2 N–H and O–H groups in total. The zero-order valence-corrected chi connectivity index (χ0v) is 30.6. The van der Waals surface area contributed by atoms with Crippen LogP contribution in [0.15, 0.2) is 67.0 Å². The number of nitrogens with one attached hydrogen (secondary N) is 1. The predicted octanol–water partition coefficient (Wildman–Crippen LogP) is 5.40. The molecule has 2 aromatic carbocycles. The number of carboxylic acids is 1. The van der Waals surface area contributed by atoms with Crippen molar-refractivity contribution in [2.75, 3.05) is 54.6 Å². The number of piperazine rings is 1. The van der Waals surface area contributed by atoms with Gasteiger partial charge in [0.1, 0.15) is 27.6 Å². The third-order valence-electron chi connectivity index (χ3n) is 8.90. The van der Waals surface area contributed by atoms with E-state index in [0.717, 1.165) is 42.1 Å². The van der Waals surface area contributed by atoms with Crippen LogP contribution < -0.4 is 19.5 Å². The smallest absolute Gasteiger partial charge is 0.346 e. The first-order chi connectivity index (χ1) is 24.0. The minimum absolute atomic E-state index is 0.0751. The van der Waals surface area contributed by atoms with E-state index < -0.39 is 23.9 Å². The molecule has 50 heavy (non-hydrogen) atoms. The van der Waals surface area contributed by atoms with E-state index in [1.165, 1.54) is 26.6 Å². The molecule has 0 radical (unpaired) electrons. The van der Waals surface area contributed by atoms with Crippen LogP contribution in [0.3, 0.4) is 0 Å². The van der Waals surface area contributed by atoms with Crippen molar-refractivity contribution < 1.29 is 33.6 Å². The number of hydrogen-bond donors (Lipinski definition) is 2. The fourth-order valence-electron chi connectivity index (χ4n) is 6.11. The third-order valence-corrected chi connectivity index (χ3v) is 10.7. The average molecular weight is 744 g/mol. The van der Waals surface area contributed by atoms with E-state index in [0.29, 0.717) is 32.2 Å². The second kappa shape index (κ2) is 16.9. The number of pyridine rings is 1. The maximum absolute atomic E-state index is 13.6. The molecule has 0 amide bonds. The fraction of sp³-hybridized carbons (Fsp3) is 0.361. The summed E-state index contributed by atoms with van der Waals surface area (Å²) >= 11 is 14.1. The Labute approximate surface area is 305 Å². The van der Waals surface area contributed by atoms with E-state index in [9.17, 15) is 19.9 Å². The SMILES string of the molecule is COc1ccc([C@H](Cc2c(Cl)c[n+]([O-])cc2Cl)c2cc(CNC(C(=O)OC[C@@H]3CN(C)CCN3C)c3ccccc3)sc2C(=O)O)cc1OC. The van der Waals surface area contributed by atoms with Crippen molar-refractivity contribution in [3.8, 4) is 11.5 Å². The van der Waals surface area contributed by atoms with Crippen molar-refractivity contribution >= 4 is 46.5 Å². The molecular weight excluding hydrogens is 703 g/mol. The number of rotatable bonds is 14. The van der Waals surface area contributed by atoms with Crippen LogP contribution in [0.1, 0.15) is 48.8 Å². The zero-order valence-electron chi connectivity index (χ0n) is 28.2. The van der Waals surface area contributed by atoms with Crippen molar-refractivity contribution in [2.45, 2.75) is 31.0 Å². The molecule has 11 nitrogen and oxygen atoms in total. The van der Waals surface area contributed by atoms with Gasteiger partial charge < -0.3 is 29.4 Å². The molecule has 2 aromatic heterocycles. The first-order valence-electron chi connectivity index (χ1n) is 16.0. The Morgan fingerprint density at radius 3 is 2.38 bits per heavy atom. The average Bonchev–Trinajstić information content (AvgIpc) is 3.53. The van der Waals surface area contributed by atoms with Gasteiger partial charge in [-0.1, -0.05) is 59.6 Å². The Kier molecular flexibility index (Phi) is 12.6. The van der Waals surface area contributed by atoms with Gasteiger partial charge >= 0.3 is 11.9 Å². The number of ether oxygens (including phenoxy) is 3. The first kappa shape index (κ1) is 37.3. The highest BCUT2D eigenvalue weighted by atomic mass is 35.5. The van der Waals surface area contributed by atoms with Crippen LogP contribution >= 0.6 is 34.5 Å². The molecule has 5 rings (SSSR count). The van der Waals surface area contributed by atoms with Gasteiger partial charge in [0.2, 0.25) is 0 Å². The normalized spacial score (nSPS) is 16.5. The number of likely N-dealkylation sites (N-methyl/N-ethyl adjacent to an activating group) is 2. The maximum Gasteiger partial charge on any atom is 0.346 e. The van der Waals surface area contributed by atoms with E-state index in [1.54, 1.807) is 12.1 Å². The second-order valence-corrected chi connectivity index (χ2v) is 14.2. The van der Waals surface area contributed by atoms with Gasteiger partial charge in [0, 0.05) is 42.5 Å². The van der Waals surface area contributed by atoms with E-state index in [-0.39, 0.29) is 40.5 Å². The van der Waals surface area contributed by atoms with Crippen LogP contribution in [0.2, 0.25) is 10.0 Å². The molecule has 1 fully saturated rings. The topological polar surface area (TPSA) is 128 Å². The lowest BCUT2D eigenvalue weighted by molar-refractivity contribution is -0.605. The lowest BCUT2D eigenvalue weighted by atomic mass is 9.85. The predicted molar refractivity (Wildman–Crippen MR) is 193 cm³/mol. The number of nitrogens with zero attached hydrogens (tertiary/aromatic N) is 3. The third kappa shape index (κ3) is 8.87. The van der Waals surface area contributed by atoms with Crippen molar-refractivity contribution in [1.29, 1.82) is 0 Å². The summed E-state index contributed by atoms with van der Waals surface area (Å²) < 4.78 is 17.4. The van der Waals surface area contributed by atoms with E-state index >= 15 is 0 Å². The number of methoxy groups -OCH3 is 2. The number of carbonyl (C=O) groups is 2. The number of halogens is 2. The van der Waals surface area contributed by atoms with Crippen LogP contribution in [0.5, 0.6) is 11.5 Å². The number of aromatic carboxylic acids is 1. The van der Waals surface area contributed by atoms with Gasteiger partial charge in [-0.2, -0.15) is 4.73 Å². The number of carboxylic acid groups (broad SMARTS) is 1. The quantitative estimate of drug-likeness (QED) is 0.0986. The van der Waals surface area contributed by atoms with Gasteiger partial charge in [-0.15, -0.1) is 11.3 Å². The highest BCUT2D eigenvalue weighted by molar-refractivity contribution is 7.14. The number of esters is 1. The molecule has 1 aliphatic heterocycles. The molecule has 0 aliphatic carbocycles. The highest BCUT2D eigenvalue weighted by Gasteiger charge is 2.30. The number of thiophene rings is 1. The summed E-state index contributed by atoms with van der Waals surface area (Å²) in [5, 5.41) is 26.1. The molecule has 3 atom stereocenters. The minimum atomic E-state index is -1.11. The van der Waals surface area contributed by atoms with Crippen LogP contribution in [0, 0.1) is 5.21 Å². The van der Waals surface area contributed by atoms with Crippen molar-refractivity contribution in [3.63, 3.8) is 0 Å². The zero-order chi connectivity index (χ0) is 35.9. The molecule has 1 saturated heterocycles. The van der Waals surface area contributed by atoms with E-state index in [2.05, 4.69) is 22.2 Å². The monoisotopic (exact) mass is 742 g/mol. The minimum Gasteiger partial charge on any atom is -0.619 e. The molecule has 14 heteroatoms. The number of benzene rings is 2. The van der Waals surface area contributed by atoms with Crippen molar-refractivity contribution in [2.24, 2.45) is 0 Å². The van der Waals surface area contributed by atoms with Crippen LogP contribution in [-0.4, -0.2) is 87.4 Å². The number of aromatic nitrogens is 1. The molecule has 1 aliphatic rings. The fourth-order valence-corrected chi connectivity index (χ4v) is 7.72. The molecule has 0 spiro atoms. The van der Waals surface area contributed by atoms with Gasteiger partial charge in [-0.3, -0.25) is 10.2 Å². The molecule has 0 bridgehead atoms. The van der Waals surface area contributed by atoms with Gasteiger partial charge in [0.05, 0.1) is 20.3 Å². The summed E-state index contributed by atoms with van der Waals surface area (Å²) in [4.78, 5) is 31.6. The molecule has 1 unspecified atom stereocenters. The molecule has 4 aromatic rings. The Morgan fingerprint density at radius 1 is 1.02 bits per heavy atom. The van der Waals surface area contributed by atoms with Crippen LogP contribution in [-0.2, 0) is 22.5 Å². The first-order valence-corrected chi connectivity index (χ1v) is 17.5. The van der Waals surface area contributed by atoms with Crippen molar-refractivity contribution in [1.82, 2.24) is 15.1 Å². The summed E-state index contributed by atoms with van der Waals surface area (Å²) in [7, 11) is 7.13. The van der Waals surface area contributed by atoms with Crippen molar-refractivity contribution in [3.05, 3.63) is 114 Å². The summed E-state index contributed by atoms with van der Waals surface area (Å²) in [5.41, 5.74) is 2.46. The summed E-state index contributed by atoms with van der Waals surface area (Å²) in [6.45, 7) is 3.07. The van der Waals surface area contributed by atoms with E-state index in [1.807, 2.05) is 49.5 Å². The van der Waals surface area contributed by atoms with E-state index in [4.69, 9.17) is 37.4 Å². The molecule has 266 valence electrons. The summed E-state index contributed by atoms with van der Waals surface area (Å²) in [6.07, 6.45) is 2.60. The van der Waals surface area contributed by atoms with Gasteiger partial charge in [-0.05, 0) is 55.4 Å². The molecule has 0 saturated carbocycles. The van der Waals surface area contributed by atoms with Gasteiger partial charge in [-0.25, -0.2) is 9.59 Å².